The van der Waals surface area contributed by atoms with Crippen LogP contribution in [0.25, 0.3) is 0 Å². The van der Waals surface area contributed by atoms with Crippen LogP contribution in [0.15, 0.2) is 16.5 Å². The summed E-state index contributed by atoms with van der Waals surface area (Å²) >= 11 is 0. The summed E-state index contributed by atoms with van der Waals surface area (Å²) < 4.78 is 16.2. The molecule has 0 unspecified atom stereocenters. The minimum atomic E-state index is 0.605. The zero-order valence-corrected chi connectivity index (χ0v) is 12.5. The van der Waals surface area contributed by atoms with E-state index in [4.69, 9.17) is 13.9 Å². The van der Waals surface area contributed by atoms with Crippen molar-refractivity contribution in [2.45, 2.75) is 26.4 Å². The molecule has 1 aromatic heterocycles. The van der Waals surface area contributed by atoms with Crippen LogP contribution in [-0.4, -0.2) is 35.9 Å². The number of fused-ring (bicyclic) bond motifs is 1. The van der Waals surface area contributed by atoms with E-state index >= 15 is 0 Å². The zero-order valence-electron chi connectivity index (χ0n) is 12.5. The average molecular weight is 289 g/mol. The van der Waals surface area contributed by atoms with Gasteiger partial charge in [0.1, 0.15) is 0 Å². The Morgan fingerprint density at radius 1 is 1.14 bits per heavy atom. The van der Waals surface area contributed by atoms with Crippen molar-refractivity contribution < 1.29 is 13.9 Å². The predicted octanol–water partition coefficient (Wildman–Crippen LogP) is 1.95. The number of aryl methyl sites for hydroxylation is 1. The molecule has 0 amide bonds. The molecule has 0 spiro atoms. The van der Waals surface area contributed by atoms with Gasteiger partial charge in [0.25, 0.3) is 0 Å². The third-order valence-electron chi connectivity index (χ3n) is 3.72. The number of methoxy groups -OCH3 is 2. The van der Waals surface area contributed by atoms with Crippen molar-refractivity contribution in [2.24, 2.45) is 0 Å². The number of hydrogen-bond donors (Lipinski definition) is 0. The summed E-state index contributed by atoms with van der Waals surface area (Å²) in [5.41, 5.74) is 2.57. The van der Waals surface area contributed by atoms with Crippen molar-refractivity contribution in [3.63, 3.8) is 0 Å². The van der Waals surface area contributed by atoms with Gasteiger partial charge in [-0.25, -0.2) is 0 Å². The summed E-state index contributed by atoms with van der Waals surface area (Å²) in [5, 5.41) is 7.92. The van der Waals surface area contributed by atoms with Gasteiger partial charge < -0.3 is 13.9 Å². The van der Waals surface area contributed by atoms with Gasteiger partial charge in [-0.2, -0.15) is 0 Å². The van der Waals surface area contributed by atoms with Crippen molar-refractivity contribution in [1.29, 1.82) is 0 Å². The van der Waals surface area contributed by atoms with Gasteiger partial charge in [-0.15, -0.1) is 10.2 Å². The molecule has 0 fully saturated rings. The number of nitrogens with zero attached hydrogens (tertiary/aromatic N) is 3. The van der Waals surface area contributed by atoms with Gasteiger partial charge in [-0.3, -0.25) is 4.90 Å². The molecule has 0 atom stereocenters. The third kappa shape index (κ3) is 2.85. The molecule has 0 saturated heterocycles. The first-order chi connectivity index (χ1) is 10.2. The number of hydrogen-bond acceptors (Lipinski definition) is 6. The lowest BCUT2D eigenvalue weighted by Crippen LogP contribution is -2.30. The zero-order chi connectivity index (χ0) is 14.8. The van der Waals surface area contributed by atoms with Crippen molar-refractivity contribution in [1.82, 2.24) is 15.1 Å². The number of rotatable bonds is 4. The highest BCUT2D eigenvalue weighted by Crippen LogP contribution is 2.33. The van der Waals surface area contributed by atoms with E-state index in [1.54, 1.807) is 21.1 Å². The summed E-state index contributed by atoms with van der Waals surface area (Å²) in [7, 11) is 3.32. The van der Waals surface area contributed by atoms with Crippen LogP contribution in [0.5, 0.6) is 11.5 Å². The highest BCUT2D eigenvalue weighted by atomic mass is 16.5. The van der Waals surface area contributed by atoms with Gasteiger partial charge >= 0.3 is 0 Å². The molecule has 0 saturated carbocycles. The Hall–Kier alpha value is -2.08. The normalized spacial score (nSPS) is 14.8. The van der Waals surface area contributed by atoms with E-state index in [2.05, 4.69) is 27.2 Å². The van der Waals surface area contributed by atoms with E-state index in [-0.39, 0.29) is 0 Å². The third-order valence-corrected chi connectivity index (χ3v) is 3.72. The van der Waals surface area contributed by atoms with Crippen LogP contribution < -0.4 is 9.47 Å². The maximum Gasteiger partial charge on any atom is 0.230 e. The first-order valence-electron chi connectivity index (χ1n) is 6.94. The first kappa shape index (κ1) is 13.9. The van der Waals surface area contributed by atoms with E-state index in [9.17, 15) is 0 Å². The van der Waals surface area contributed by atoms with Crippen LogP contribution in [0.4, 0.5) is 0 Å². The lowest BCUT2D eigenvalue weighted by atomic mass is 9.99. The lowest BCUT2D eigenvalue weighted by molar-refractivity contribution is 0.219. The van der Waals surface area contributed by atoms with E-state index in [1.165, 1.54) is 11.1 Å². The van der Waals surface area contributed by atoms with Gasteiger partial charge in [-0.1, -0.05) is 0 Å². The fraction of sp³-hybridized carbons (Fsp3) is 0.467. The van der Waals surface area contributed by atoms with E-state index in [1.807, 2.05) is 0 Å². The van der Waals surface area contributed by atoms with Gasteiger partial charge in [0.15, 0.2) is 11.5 Å². The molecule has 6 heteroatoms. The van der Waals surface area contributed by atoms with Crippen LogP contribution in [0.1, 0.15) is 22.9 Å². The Bertz CT molecular complexity index is 639. The molecule has 2 heterocycles. The largest absolute Gasteiger partial charge is 0.493 e. The van der Waals surface area contributed by atoms with Gasteiger partial charge in [0.05, 0.1) is 20.8 Å². The molecule has 21 heavy (non-hydrogen) atoms. The minimum Gasteiger partial charge on any atom is -0.493 e. The standard InChI is InChI=1S/C15H19N3O3/c1-10-16-17-15(21-10)9-18-5-4-11-6-13(19-2)14(20-3)7-12(11)8-18/h6-7H,4-5,8-9H2,1-3H3. The summed E-state index contributed by atoms with van der Waals surface area (Å²) in [4.78, 5) is 2.29. The van der Waals surface area contributed by atoms with Crippen molar-refractivity contribution in [3.05, 3.63) is 35.0 Å². The van der Waals surface area contributed by atoms with E-state index < -0.39 is 0 Å². The molecule has 0 radical (unpaired) electrons. The summed E-state index contributed by atoms with van der Waals surface area (Å²) in [6, 6.07) is 4.13. The minimum absolute atomic E-state index is 0.605. The van der Waals surface area contributed by atoms with Crippen LogP contribution in [-0.2, 0) is 19.5 Å². The van der Waals surface area contributed by atoms with Crippen LogP contribution in [0.3, 0.4) is 0 Å². The molecular formula is C15H19N3O3. The topological polar surface area (TPSA) is 60.6 Å². The fourth-order valence-corrected chi connectivity index (χ4v) is 2.67. The van der Waals surface area contributed by atoms with Crippen molar-refractivity contribution >= 4 is 0 Å². The predicted molar refractivity (Wildman–Crippen MR) is 76.4 cm³/mol. The van der Waals surface area contributed by atoms with E-state index in [0.717, 1.165) is 31.0 Å². The number of aromatic nitrogens is 2. The number of benzene rings is 1. The van der Waals surface area contributed by atoms with Crippen molar-refractivity contribution in [2.75, 3.05) is 20.8 Å². The SMILES string of the molecule is COc1cc2c(cc1OC)CN(Cc1nnc(C)o1)CC2. The molecule has 1 aliphatic heterocycles. The second kappa shape index (κ2) is 5.73. The highest BCUT2D eigenvalue weighted by molar-refractivity contribution is 5.48. The number of ether oxygens (including phenoxy) is 2. The van der Waals surface area contributed by atoms with Gasteiger partial charge in [-0.05, 0) is 29.7 Å². The Labute approximate surface area is 123 Å². The average Bonchev–Trinajstić information content (AvgIpc) is 2.90. The smallest absolute Gasteiger partial charge is 0.230 e. The molecule has 6 nitrogen and oxygen atoms in total. The molecule has 1 aromatic carbocycles. The monoisotopic (exact) mass is 289 g/mol. The molecule has 0 aliphatic carbocycles. The Kier molecular flexibility index (Phi) is 3.79. The highest BCUT2D eigenvalue weighted by Gasteiger charge is 2.20. The Morgan fingerprint density at radius 3 is 2.48 bits per heavy atom. The Balaban J connectivity index is 1.78. The molecule has 3 rings (SSSR count). The van der Waals surface area contributed by atoms with Gasteiger partial charge in [0, 0.05) is 20.0 Å². The Morgan fingerprint density at radius 2 is 1.86 bits per heavy atom. The first-order valence-corrected chi connectivity index (χ1v) is 6.94. The molecule has 112 valence electrons. The van der Waals surface area contributed by atoms with Gasteiger partial charge in [0.2, 0.25) is 11.8 Å². The second-order valence-corrected chi connectivity index (χ2v) is 5.15. The van der Waals surface area contributed by atoms with Crippen LogP contribution >= 0.6 is 0 Å². The molecular weight excluding hydrogens is 270 g/mol. The lowest BCUT2D eigenvalue weighted by Gasteiger charge is -2.28. The maximum absolute atomic E-state index is 5.45. The van der Waals surface area contributed by atoms with Crippen LogP contribution in [0.2, 0.25) is 0 Å². The van der Waals surface area contributed by atoms with Crippen LogP contribution in [0, 0.1) is 6.92 Å². The molecule has 0 bridgehead atoms. The summed E-state index contributed by atoms with van der Waals surface area (Å²) in [5.74, 6) is 2.83. The molecule has 0 N–H and O–H groups in total. The second-order valence-electron chi connectivity index (χ2n) is 5.15. The molecule has 2 aromatic rings. The summed E-state index contributed by atoms with van der Waals surface area (Å²) in [6.45, 7) is 4.29. The molecule has 1 aliphatic rings. The summed E-state index contributed by atoms with van der Waals surface area (Å²) in [6.07, 6.45) is 0.975. The van der Waals surface area contributed by atoms with Crippen molar-refractivity contribution in [3.8, 4) is 11.5 Å². The maximum atomic E-state index is 5.45. The fourth-order valence-electron chi connectivity index (χ4n) is 2.67. The van der Waals surface area contributed by atoms with E-state index in [0.29, 0.717) is 18.3 Å². The quantitative estimate of drug-likeness (QED) is 0.857.